The highest BCUT2D eigenvalue weighted by atomic mass is 16.2. The number of likely N-dealkylation sites (tertiary alicyclic amines) is 1. The summed E-state index contributed by atoms with van der Waals surface area (Å²) in [6.45, 7) is 4.79. The summed E-state index contributed by atoms with van der Waals surface area (Å²) in [6.07, 6.45) is 4.49. The molecule has 0 atom stereocenters. The molecule has 6 nitrogen and oxygen atoms in total. The maximum absolute atomic E-state index is 11.6. The number of hydrogen-bond acceptors (Lipinski definition) is 3. The van der Waals surface area contributed by atoms with E-state index in [1.807, 2.05) is 0 Å². The second kappa shape index (κ2) is 10.8. The fraction of sp³-hybridized carbons (Fsp3) is 0.600. The van der Waals surface area contributed by atoms with Crippen LogP contribution in [0.1, 0.15) is 36.8 Å². The number of nitrogens with one attached hydrogen (secondary N) is 2. The average molecular weight is 360 g/mol. The first kappa shape index (κ1) is 20.2. The molecule has 1 aromatic rings. The van der Waals surface area contributed by atoms with Crippen molar-refractivity contribution in [3.63, 3.8) is 0 Å². The maximum atomic E-state index is 11.6. The van der Waals surface area contributed by atoms with Gasteiger partial charge in [0.05, 0.1) is 0 Å². The molecule has 144 valence electrons. The summed E-state index contributed by atoms with van der Waals surface area (Å²) < 4.78 is 0. The fourth-order valence-corrected chi connectivity index (χ4v) is 3.06. The number of aliphatic imine (C=N–C) groups is 1. The zero-order valence-electron chi connectivity index (χ0n) is 16.4. The second-order valence-electron chi connectivity index (χ2n) is 7.04. The highest BCUT2D eigenvalue weighted by Crippen LogP contribution is 2.13. The zero-order chi connectivity index (χ0) is 18.8. The van der Waals surface area contributed by atoms with Gasteiger partial charge in [-0.3, -0.25) is 14.7 Å². The summed E-state index contributed by atoms with van der Waals surface area (Å²) in [7, 11) is 5.28. The topological polar surface area (TPSA) is 60.0 Å². The van der Waals surface area contributed by atoms with E-state index in [2.05, 4.69) is 44.8 Å². The van der Waals surface area contributed by atoms with Gasteiger partial charge in [0.2, 0.25) is 5.91 Å². The van der Waals surface area contributed by atoms with Crippen LogP contribution in [0.4, 0.5) is 0 Å². The number of piperidine rings is 1. The van der Waals surface area contributed by atoms with Gasteiger partial charge in [-0.25, -0.2) is 0 Å². The van der Waals surface area contributed by atoms with E-state index in [0.717, 1.165) is 6.54 Å². The third-order valence-electron chi connectivity index (χ3n) is 4.69. The van der Waals surface area contributed by atoms with E-state index in [1.54, 1.807) is 26.0 Å². The molecule has 2 N–H and O–H groups in total. The molecule has 0 spiro atoms. The summed E-state index contributed by atoms with van der Waals surface area (Å²) in [5.41, 5.74) is 2.60. The molecule has 1 saturated heterocycles. The van der Waals surface area contributed by atoms with Crippen LogP contribution in [0.3, 0.4) is 0 Å². The van der Waals surface area contributed by atoms with Crippen molar-refractivity contribution in [2.24, 2.45) is 4.99 Å². The normalized spacial score (nSPS) is 15.6. The third-order valence-corrected chi connectivity index (χ3v) is 4.69. The van der Waals surface area contributed by atoms with E-state index in [9.17, 15) is 4.79 Å². The number of carbonyl (C=O) groups is 1. The maximum Gasteiger partial charge on any atom is 0.223 e. The largest absolute Gasteiger partial charge is 0.356 e. The average Bonchev–Trinajstić information content (AvgIpc) is 2.66. The van der Waals surface area contributed by atoms with Gasteiger partial charge in [-0.1, -0.05) is 30.7 Å². The summed E-state index contributed by atoms with van der Waals surface area (Å²) >= 11 is 0. The van der Waals surface area contributed by atoms with Crippen LogP contribution in [0.25, 0.3) is 0 Å². The van der Waals surface area contributed by atoms with Crippen LogP contribution in [0.2, 0.25) is 0 Å². The second-order valence-corrected chi connectivity index (χ2v) is 7.04. The number of hydrogen-bond donors (Lipinski definition) is 2. The Morgan fingerprint density at radius 3 is 2.35 bits per heavy atom. The van der Waals surface area contributed by atoms with Gasteiger partial charge in [0.1, 0.15) is 0 Å². The van der Waals surface area contributed by atoms with Gasteiger partial charge >= 0.3 is 0 Å². The Morgan fingerprint density at radius 1 is 1.08 bits per heavy atom. The van der Waals surface area contributed by atoms with Gasteiger partial charge in [0.15, 0.2) is 5.96 Å². The summed E-state index contributed by atoms with van der Waals surface area (Å²) in [4.78, 5) is 19.9. The van der Waals surface area contributed by atoms with Crippen molar-refractivity contribution in [1.29, 1.82) is 0 Å². The van der Waals surface area contributed by atoms with Crippen LogP contribution in [0.15, 0.2) is 29.3 Å². The molecule has 0 aliphatic carbocycles. The van der Waals surface area contributed by atoms with Crippen LogP contribution in [-0.4, -0.2) is 62.4 Å². The number of carbonyl (C=O) groups excluding carboxylic acids is 1. The number of rotatable bonds is 7. The quantitative estimate of drug-likeness (QED) is 0.576. The summed E-state index contributed by atoms with van der Waals surface area (Å²) in [5, 5.41) is 6.47. The SMILES string of the molecule is CN=C(NCCC(=O)N(C)C)NCc1ccc(CN2CCCCC2)cc1. The summed E-state index contributed by atoms with van der Waals surface area (Å²) in [6, 6.07) is 8.79. The molecule has 2 rings (SSSR count). The van der Waals surface area contributed by atoms with E-state index < -0.39 is 0 Å². The van der Waals surface area contributed by atoms with Crippen LogP contribution < -0.4 is 10.6 Å². The molecule has 0 aromatic heterocycles. The lowest BCUT2D eigenvalue weighted by molar-refractivity contribution is -0.128. The molecule has 1 aliphatic heterocycles. The van der Waals surface area contributed by atoms with Crippen LogP contribution >= 0.6 is 0 Å². The van der Waals surface area contributed by atoms with Crippen molar-refractivity contribution in [2.75, 3.05) is 40.8 Å². The molecular weight excluding hydrogens is 326 g/mol. The molecule has 1 fully saturated rings. The van der Waals surface area contributed by atoms with E-state index in [-0.39, 0.29) is 5.91 Å². The zero-order valence-corrected chi connectivity index (χ0v) is 16.4. The van der Waals surface area contributed by atoms with Gasteiger partial charge in [-0.15, -0.1) is 0 Å². The van der Waals surface area contributed by atoms with Crippen molar-refractivity contribution in [3.05, 3.63) is 35.4 Å². The Hall–Kier alpha value is -2.08. The van der Waals surface area contributed by atoms with Gasteiger partial charge in [0, 0.05) is 47.2 Å². The Bertz CT molecular complexity index is 576. The predicted octanol–water partition coefficient (Wildman–Crippen LogP) is 1.82. The minimum absolute atomic E-state index is 0.109. The smallest absolute Gasteiger partial charge is 0.223 e. The van der Waals surface area contributed by atoms with Crippen molar-refractivity contribution in [3.8, 4) is 0 Å². The minimum atomic E-state index is 0.109. The molecule has 6 heteroatoms. The molecule has 0 bridgehead atoms. The Labute approximate surface area is 157 Å². The fourth-order valence-electron chi connectivity index (χ4n) is 3.06. The number of amides is 1. The molecule has 0 saturated carbocycles. The van der Waals surface area contributed by atoms with E-state index in [1.165, 1.54) is 43.5 Å². The first-order valence-electron chi connectivity index (χ1n) is 9.53. The molecule has 26 heavy (non-hydrogen) atoms. The van der Waals surface area contributed by atoms with E-state index in [0.29, 0.717) is 25.5 Å². The molecule has 1 heterocycles. The van der Waals surface area contributed by atoms with Crippen molar-refractivity contribution in [1.82, 2.24) is 20.4 Å². The monoisotopic (exact) mass is 359 g/mol. The third kappa shape index (κ3) is 7.04. The lowest BCUT2D eigenvalue weighted by atomic mass is 10.1. The minimum Gasteiger partial charge on any atom is -0.356 e. The standard InChI is InChI=1S/C20H33N5O/c1-21-20(22-12-11-19(26)24(2)3)23-15-17-7-9-18(10-8-17)16-25-13-5-4-6-14-25/h7-10H,4-6,11-16H2,1-3H3,(H2,21,22,23). The van der Waals surface area contributed by atoms with Gasteiger partial charge < -0.3 is 15.5 Å². The van der Waals surface area contributed by atoms with Crippen molar-refractivity contribution < 1.29 is 4.79 Å². The van der Waals surface area contributed by atoms with Crippen molar-refractivity contribution >= 4 is 11.9 Å². The van der Waals surface area contributed by atoms with Crippen molar-refractivity contribution in [2.45, 2.75) is 38.8 Å². The molecule has 0 radical (unpaired) electrons. The molecule has 1 aliphatic rings. The lowest BCUT2D eigenvalue weighted by Crippen LogP contribution is -2.38. The number of guanidine groups is 1. The molecule has 1 aromatic carbocycles. The van der Waals surface area contributed by atoms with Gasteiger partial charge in [-0.05, 0) is 37.1 Å². The Kier molecular flexibility index (Phi) is 8.41. The van der Waals surface area contributed by atoms with Gasteiger partial charge in [0.25, 0.3) is 0 Å². The number of benzene rings is 1. The summed E-state index contributed by atoms with van der Waals surface area (Å²) in [5.74, 6) is 0.825. The highest BCUT2D eigenvalue weighted by molar-refractivity contribution is 5.81. The first-order chi connectivity index (χ1) is 12.6. The highest BCUT2D eigenvalue weighted by Gasteiger charge is 2.10. The first-order valence-corrected chi connectivity index (χ1v) is 9.53. The number of nitrogens with zero attached hydrogens (tertiary/aromatic N) is 3. The predicted molar refractivity (Wildman–Crippen MR) is 107 cm³/mol. The lowest BCUT2D eigenvalue weighted by Gasteiger charge is -2.26. The van der Waals surface area contributed by atoms with E-state index >= 15 is 0 Å². The molecule has 1 amide bonds. The molecule has 0 unspecified atom stereocenters. The van der Waals surface area contributed by atoms with Gasteiger partial charge in [-0.2, -0.15) is 0 Å². The Morgan fingerprint density at radius 2 is 1.73 bits per heavy atom. The Balaban J connectivity index is 1.72. The van der Waals surface area contributed by atoms with Crippen LogP contribution in [0.5, 0.6) is 0 Å². The van der Waals surface area contributed by atoms with Crippen LogP contribution in [-0.2, 0) is 17.9 Å². The molecular formula is C20H33N5O. The van der Waals surface area contributed by atoms with Crippen LogP contribution in [0, 0.1) is 0 Å². The van der Waals surface area contributed by atoms with E-state index in [4.69, 9.17) is 0 Å².